The molecule has 0 amide bonds. The first-order chi connectivity index (χ1) is 7.06. The fourth-order valence-corrected chi connectivity index (χ4v) is 1.31. The highest BCUT2D eigenvalue weighted by molar-refractivity contribution is 6.53. The summed E-state index contributed by atoms with van der Waals surface area (Å²) >= 11 is 16.8. The van der Waals surface area contributed by atoms with Crippen molar-refractivity contribution >= 4 is 40.6 Å². The Morgan fingerprint density at radius 1 is 1.27 bits per heavy atom. The minimum absolute atomic E-state index is 0.00324. The Morgan fingerprint density at radius 3 is 2.20 bits per heavy atom. The van der Waals surface area contributed by atoms with Crippen LogP contribution in [-0.4, -0.2) is 17.1 Å². The van der Waals surface area contributed by atoms with E-state index in [-0.39, 0.29) is 10.8 Å². The number of hydrogen-bond donors (Lipinski definition) is 1. The molecule has 0 aliphatic rings. The highest BCUT2D eigenvalue weighted by Crippen LogP contribution is 2.27. The Morgan fingerprint density at radius 2 is 1.80 bits per heavy atom. The molecule has 15 heavy (non-hydrogen) atoms. The maximum absolute atomic E-state index is 9.66. The Balaban J connectivity index is 3.01. The lowest BCUT2D eigenvalue weighted by Crippen LogP contribution is -1.93. The quantitative estimate of drug-likeness (QED) is 0.663. The predicted octanol–water partition coefficient (Wildman–Crippen LogP) is 3.96. The van der Waals surface area contributed by atoms with Crippen molar-refractivity contribution in [2.45, 2.75) is 4.84 Å². The van der Waals surface area contributed by atoms with Gasteiger partial charge in [-0.3, -0.25) is 0 Å². The molecule has 0 saturated carbocycles. The number of benzene rings is 1. The molecule has 1 aromatic rings. The third-order valence-corrected chi connectivity index (χ3v) is 2.84. The van der Waals surface area contributed by atoms with Gasteiger partial charge in [0.1, 0.15) is 16.3 Å². The molecule has 1 rings (SSSR count). The summed E-state index contributed by atoms with van der Waals surface area (Å²) in [7, 11) is 1.56. The van der Waals surface area contributed by atoms with Crippen molar-refractivity contribution in [3.63, 3.8) is 0 Å². The maximum Gasteiger partial charge on any atom is 0.146 e. The third-order valence-electron chi connectivity index (χ3n) is 1.78. The zero-order chi connectivity index (χ0) is 11.4. The van der Waals surface area contributed by atoms with Gasteiger partial charge in [0.2, 0.25) is 0 Å². The van der Waals surface area contributed by atoms with Gasteiger partial charge in [0.25, 0.3) is 0 Å². The maximum atomic E-state index is 9.66. The van der Waals surface area contributed by atoms with Crippen molar-refractivity contribution in [1.82, 2.24) is 0 Å². The van der Waals surface area contributed by atoms with Crippen molar-refractivity contribution in [2.24, 2.45) is 0 Å². The lowest BCUT2D eigenvalue weighted by Gasteiger charge is -2.06. The summed E-state index contributed by atoms with van der Waals surface area (Å²) in [4.78, 5) is -0.936. The van der Waals surface area contributed by atoms with E-state index in [1.54, 1.807) is 31.4 Å². The van der Waals surface area contributed by atoms with Gasteiger partial charge in [0.05, 0.1) is 12.1 Å². The van der Waals surface area contributed by atoms with Crippen LogP contribution >= 0.6 is 34.8 Å². The van der Waals surface area contributed by atoms with Gasteiger partial charge in [-0.15, -0.1) is 0 Å². The Bertz CT molecular complexity index is 357. The summed E-state index contributed by atoms with van der Waals surface area (Å²) in [5.41, 5.74) is 0.534. The molecule has 0 saturated heterocycles. The van der Waals surface area contributed by atoms with Crippen LogP contribution in [0.5, 0.6) is 5.75 Å². The van der Waals surface area contributed by atoms with Gasteiger partial charge in [-0.1, -0.05) is 34.8 Å². The van der Waals surface area contributed by atoms with Crippen molar-refractivity contribution in [3.8, 4) is 5.75 Å². The van der Waals surface area contributed by atoms with Gasteiger partial charge >= 0.3 is 0 Å². The first-order valence-electron chi connectivity index (χ1n) is 4.07. The van der Waals surface area contributed by atoms with E-state index < -0.39 is 4.84 Å². The summed E-state index contributed by atoms with van der Waals surface area (Å²) in [5.74, 6) is 0.560. The van der Waals surface area contributed by atoms with E-state index in [9.17, 15) is 5.11 Å². The number of ether oxygens (including phenoxy) is 1. The minimum atomic E-state index is -0.936. The lowest BCUT2D eigenvalue weighted by molar-refractivity contribution is 0.414. The van der Waals surface area contributed by atoms with Crippen LogP contribution in [0.15, 0.2) is 29.3 Å². The molecule has 2 nitrogen and oxygen atoms in total. The molecule has 0 radical (unpaired) electrons. The first-order valence-corrected chi connectivity index (χ1v) is 5.32. The number of aliphatic hydroxyl groups excluding tert-OH is 1. The van der Waals surface area contributed by atoms with Crippen LogP contribution in [0.4, 0.5) is 0 Å². The fourth-order valence-electron chi connectivity index (χ4n) is 0.990. The van der Waals surface area contributed by atoms with Crippen LogP contribution in [0.1, 0.15) is 5.56 Å². The van der Waals surface area contributed by atoms with E-state index >= 15 is 0 Å². The molecule has 0 bridgehead atoms. The van der Waals surface area contributed by atoms with Gasteiger partial charge < -0.3 is 9.84 Å². The molecular weight excluding hydrogens is 258 g/mol. The van der Waals surface area contributed by atoms with Crippen LogP contribution < -0.4 is 4.74 Å². The van der Waals surface area contributed by atoms with E-state index in [0.717, 1.165) is 0 Å². The number of allylic oxidation sites excluding steroid dienone is 1. The highest BCUT2D eigenvalue weighted by atomic mass is 35.5. The van der Waals surface area contributed by atoms with Crippen molar-refractivity contribution < 1.29 is 9.84 Å². The second-order valence-electron chi connectivity index (χ2n) is 2.73. The molecule has 0 spiro atoms. The highest BCUT2D eigenvalue weighted by Gasteiger charge is 2.12. The Labute approximate surface area is 103 Å². The van der Waals surface area contributed by atoms with E-state index in [1.165, 1.54) is 0 Å². The summed E-state index contributed by atoms with van der Waals surface area (Å²) in [6.45, 7) is 0. The number of aliphatic hydroxyl groups is 1. The fraction of sp³-hybridized carbons (Fsp3) is 0.200. The second-order valence-corrected chi connectivity index (χ2v) is 4.23. The average Bonchev–Trinajstić information content (AvgIpc) is 2.27. The molecule has 1 N–H and O–H groups in total. The predicted molar refractivity (Wildman–Crippen MR) is 63.9 cm³/mol. The molecular formula is C10H9Cl3O2. The molecule has 0 heterocycles. The zero-order valence-corrected chi connectivity index (χ0v) is 10.1. The normalized spacial score (nSPS) is 12.6. The smallest absolute Gasteiger partial charge is 0.146 e. The lowest BCUT2D eigenvalue weighted by atomic mass is 10.2. The monoisotopic (exact) mass is 266 g/mol. The molecule has 0 aliphatic carbocycles. The number of alkyl halides is 2. The molecule has 1 aromatic carbocycles. The third kappa shape index (κ3) is 3.20. The molecule has 0 aromatic heterocycles. The van der Waals surface area contributed by atoms with Gasteiger partial charge in [-0.05, 0) is 24.3 Å². The first kappa shape index (κ1) is 12.5. The minimum Gasteiger partial charge on any atom is -0.506 e. The molecule has 0 unspecified atom stereocenters. The largest absolute Gasteiger partial charge is 0.506 e. The zero-order valence-electron chi connectivity index (χ0n) is 7.88. The topological polar surface area (TPSA) is 29.5 Å². The van der Waals surface area contributed by atoms with Crippen molar-refractivity contribution in [1.29, 1.82) is 0 Å². The number of methoxy groups -OCH3 is 1. The molecule has 0 fully saturated rings. The molecule has 5 heteroatoms. The van der Waals surface area contributed by atoms with Crippen LogP contribution in [0.3, 0.4) is 0 Å². The Hall–Kier alpha value is -0.570. The standard InChI is InChI=1S/C10H9Cl3O2/c1-15-7-4-2-6(3-5-7)9(14)8(11)10(12)13/h2-5,10,14H,1H3. The number of hydrogen-bond acceptors (Lipinski definition) is 2. The van der Waals surface area contributed by atoms with Gasteiger partial charge in [0.15, 0.2) is 0 Å². The summed E-state index contributed by atoms with van der Waals surface area (Å²) in [6.07, 6.45) is 0. The summed E-state index contributed by atoms with van der Waals surface area (Å²) in [6, 6.07) is 6.72. The molecule has 82 valence electrons. The van der Waals surface area contributed by atoms with Crippen LogP contribution in [-0.2, 0) is 0 Å². The molecule has 0 atom stereocenters. The van der Waals surface area contributed by atoms with E-state index in [4.69, 9.17) is 39.5 Å². The number of rotatable bonds is 3. The summed E-state index contributed by atoms with van der Waals surface area (Å²) in [5, 5.41) is 9.66. The second kappa shape index (κ2) is 5.50. The van der Waals surface area contributed by atoms with Crippen molar-refractivity contribution in [2.75, 3.05) is 7.11 Å². The van der Waals surface area contributed by atoms with E-state index in [2.05, 4.69) is 0 Å². The van der Waals surface area contributed by atoms with Gasteiger partial charge in [0, 0.05) is 5.56 Å². The number of halogens is 3. The summed E-state index contributed by atoms with van der Waals surface area (Å²) < 4.78 is 4.97. The van der Waals surface area contributed by atoms with Crippen LogP contribution in [0.2, 0.25) is 0 Å². The van der Waals surface area contributed by atoms with Crippen LogP contribution in [0.25, 0.3) is 5.76 Å². The van der Waals surface area contributed by atoms with E-state index in [1.807, 2.05) is 0 Å². The van der Waals surface area contributed by atoms with Gasteiger partial charge in [-0.25, -0.2) is 0 Å². The van der Waals surface area contributed by atoms with Gasteiger partial charge in [-0.2, -0.15) is 0 Å². The van der Waals surface area contributed by atoms with E-state index in [0.29, 0.717) is 11.3 Å². The van der Waals surface area contributed by atoms with Crippen molar-refractivity contribution in [3.05, 3.63) is 34.9 Å². The van der Waals surface area contributed by atoms with Crippen LogP contribution in [0, 0.1) is 0 Å². The Kier molecular flexibility index (Phi) is 4.58. The molecule has 0 aliphatic heterocycles. The SMILES string of the molecule is COc1ccc(C(O)=C(Cl)C(Cl)Cl)cc1. The average molecular weight is 268 g/mol.